The first kappa shape index (κ1) is 10.4. The van der Waals surface area contributed by atoms with Crippen LogP contribution in [0.2, 0.25) is 0 Å². The monoisotopic (exact) mass is 192 g/mol. The van der Waals surface area contributed by atoms with Crippen LogP contribution in [0.25, 0.3) is 0 Å². The molecule has 1 aromatic rings. The van der Waals surface area contributed by atoms with Gasteiger partial charge in [0.15, 0.2) is 0 Å². The summed E-state index contributed by atoms with van der Waals surface area (Å²) in [7, 11) is 0. The number of carboxylic acids is 1. The van der Waals surface area contributed by atoms with E-state index >= 15 is 0 Å². The molecule has 0 aliphatic carbocycles. The van der Waals surface area contributed by atoms with Crippen molar-refractivity contribution in [1.29, 1.82) is 0 Å². The van der Waals surface area contributed by atoms with Crippen LogP contribution in [0.3, 0.4) is 0 Å². The van der Waals surface area contributed by atoms with E-state index in [9.17, 15) is 9.59 Å². The maximum atomic E-state index is 10.8. The standard InChI is InChI=1S/C11H12O3/c1-2-8-5-3-4-6-9(8)10(7-12)11(13)14/h3-7,10H,2H2,1H3,(H,13,14). The summed E-state index contributed by atoms with van der Waals surface area (Å²) < 4.78 is 0. The third-order valence-corrected chi connectivity index (χ3v) is 2.17. The van der Waals surface area contributed by atoms with Gasteiger partial charge in [0.05, 0.1) is 0 Å². The lowest BCUT2D eigenvalue weighted by atomic mass is 9.94. The Hall–Kier alpha value is -1.64. The summed E-state index contributed by atoms with van der Waals surface area (Å²) in [6, 6.07) is 7.11. The highest BCUT2D eigenvalue weighted by molar-refractivity contribution is 5.93. The molecule has 0 saturated heterocycles. The molecular weight excluding hydrogens is 180 g/mol. The Kier molecular flexibility index (Phi) is 3.40. The van der Waals surface area contributed by atoms with Crippen LogP contribution < -0.4 is 0 Å². The molecule has 0 aliphatic heterocycles. The average Bonchev–Trinajstić information content (AvgIpc) is 2.19. The Balaban J connectivity index is 3.15. The lowest BCUT2D eigenvalue weighted by Gasteiger charge is -2.09. The fourth-order valence-corrected chi connectivity index (χ4v) is 1.42. The number of aliphatic carboxylic acids is 1. The van der Waals surface area contributed by atoms with Crippen LogP contribution in [0.1, 0.15) is 24.0 Å². The van der Waals surface area contributed by atoms with Gasteiger partial charge < -0.3 is 9.90 Å². The summed E-state index contributed by atoms with van der Waals surface area (Å²) >= 11 is 0. The van der Waals surface area contributed by atoms with E-state index in [1.807, 2.05) is 19.1 Å². The van der Waals surface area contributed by atoms with Gasteiger partial charge in [-0.1, -0.05) is 31.2 Å². The molecule has 1 rings (SSSR count). The zero-order valence-electron chi connectivity index (χ0n) is 7.93. The van der Waals surface area contributed by atoms with Crippen LogP contribution in [0.4, 0.5) is 0 Å². The zero-order chi connectivity index (χ0) is 10.6. The molecule has 0 amide bonds. The maximum absolute atomic E-state index is 10.8. The second kappa shape index (κ2) is 4.56. The number of hydrogen-bond acceptors (Lipinski definition) is 2. The van der Waals surface area contributed by atoms with Crippen molar-refractivity contribution >= 4 is 12.3 Å². The number of hydrogen-bond donors (Lipinski definition) is 1. The van der Waals surface area contributed by atoms with Gasteiger partial charge in [-0.2, -0.15) is 0 Å². The number of carboxylic acid groups (broad SMARTS) is 1. The molecule has 0 radical (unpaired) electrons. The predicted octanol–water partition coefficient (Wildman–Crippen LogP) is 1.62. The van der Waals surface area contributed by atoms with Gasteiger partial charge in [0.1, 0.15) is 12.2 Å². The topological polar surface area (TPSA) is 54.4 Å². The largest absolute Gasteiger partial charge is 0.480 e. The van der Waals surface area contributed by atoms with Crippen molar-refractivity contribution in [3.63, 3.8) is 0 Å². The molecule has 1 atom stereocenters. The van der Waals surface area contributed by atoms with Crippen LogP contribution in [-0.4, -0.2) is 17.4 Å². The van der Waals surface area contributed by atoms with E-state index in [2.05, 4.69) is 0 Å². The Morgan fingerprint density at radius 2 is 2.14 bits per heavy atom. The molecule has 74 valence electrons. The molecule has 0 aromatic heterocycles. The van der Waals surface area contributed by atoms with Crippen molar-refractivity contribution < 1.29 is 14.7 Å². The zero-order valence-corrected chi connectivity index (χ0v) is 7.93. The first-order chi connectivity index (χ1) is 6.70. The first-order valence-corrected chi connectivity index (χ1v) is 4.46. The van der Waals surface area contributed by atoms with E-state index in [1.165, 1.54) is 0 Å². The van der Waals surface area contributed by atoms with Gasteiger partial charge in [0.25, 0.3) is 0 Å². The molecular formula is C11H12O3. The summed E-state index contributed by atoms with van der Waals surface area (Å²) in [4.78, 5) is 21.4. The molecule has 14 heavy (non-hydrogen) atoms. The number of aryl methyl sites for hydroxylation is 1. The van der Waals surface area contributed by atoms with Crippen molar-refractivity contribution in [2.45, 2.75) is 19.3 Å². The van der Waals surface area contributed by atoms with Crippen molar-refractivity contribution in [1.82, 2.24) is 0 Å². The normalized spacial score (nSPS) is 12.1. The van der Waals surface area contributed by atoms with E-state index in [0.29, 0.717) is 11.8 Å². The minimum absolute atomic E-state index is 0.469. The lowest BCUT2D eigenvalue weighted by molar-refractivity contribution is -0.140. The molecule has 0 saturated carbocycles. The van der Waals surface area contributed by atoms with Gasteiger partial charge in [-0.05, 0) is 17.5 Å². The summed E-state index contributed by atoms with van der Waals surface area (Å²) in [5.41, 5.74) is 1.50. The third-order valence-electron chi connectivity index (χ3n) is 2.17. The Labute approximate surface area is 82.4 Å². The molecule has 3 heteroatoms. The molecule has 1 N–H and O–H groups in total. The highest BCUT2D eigenvalue weighted by atomic mass is 16.4. The Bertz CT molecular complexity index is 344. The van der Waals surface area contributed by atoms with Crippen LogP contribution in [-0.2, 0) is 16.0 Å². The van der Waals surface area contributed by atoms with Crippen LogP contribution in [0.15, 0.2) is 24.3 Å². The van der Waals surface area contributed by atoms with Gasteiger partial charge in [0, 0.05) is 0 Å². The second-order valence-corrected chi connectivity index (χ2v) is 3.00. The molecule has 0 aliphatic rings. The number of rotatable bonds is 4. The molecule has 3 nitrogen and oxygen atoms in total. The van der Waals surface area contributed by atoms with Gasteiger partial charge in [0.2, 0.25) is 0 Å². The SMILES string of the molecule is CCc1ccccc1C(C=O)C(=O)O. The smallest absolute Gasteiger partial charge is 0.318 e. The minimum Gasteiger partial charge on any atom is -0.480 e. The molecule has 0 fully saturated rings. The van der Waals surface area contributed by atoms with Crippen molar-refractivity contribution in [3.05, 3.63) is 35.4 Å². The fourth-order valence-electron chi connectivity index (χ4n) is 1.42. The van der Waals surface area contributed by atoms with Gasteiger partial charge >= 0.3 is 5.97 Å². The Morgan fingerprint density at radius 3 is 2.64 bits per heavy atom. The molecule has 0 spiro atoms. The van der Waals surface area contributed by atoms with Gasteiger partial charge in [-0.15, -0.1) is 0 Å². The molecule has 0 bridgehead atoms. The van der Waals surface area contributed by atoms with E-state index in [-0.39, 0.29) is 0 Å². The van der Waals surface area contributed by atoms with Crippen molar-refractivity contribution in [3.8, 4) is 0 Å². The van der Waals surface area contributed by atoms with Crippen LogP contribution in [0.5, 0.6) is 0 Å². The van der Waals surface area contributed by atoms with Crippen LogP contribution in [0, 0.1) is 0 Å². The number of carbonyl (C=O) groups is 2. The van der Waals surface area contributed by atoms with E-state index in [0.717, 1.165) is 12.0 Å². The van der Waals surface area contributed by atoms with Gasteiger partial charge in [-0.3, -0.25) is 4.79 Å². The van der Waals surface area contributed by atoms with Crippen LogP contribution >= 0.6 is 0 Å². The molecule has 1 unspecified atom stereocenters. The highest BCUT2D eigenvalue weighted by Crippen LogP contribution is 2.19. The summed E-state index contributed by atoms with van der Waals surface area (Å²) in [6.07, 6.45) is 1.20. The maximum Gasteiger partial charge on any atom is 0.318 e. The molecule has 1 aromatic carbocycles. The number of carbonyl (C=O) groups excluding carboxylic acids is 1. The summed E-state index contributed by atoms with van der Waals surface area (Å²) in [6.45, 7) is 1.93. The first-order valence-electron chi connectivity index (χ1n) is 4.46. The summed E-state index contributed by atoms with van der Waals surface area (Å²) in [5, 5.41) is 8.82. The number of aldehydes is 1. The van der Waals surface area contributed by atoms with Crippen molar-refractivity contribution in [2.24, 2.45) is 0 Å². The van der Waals surface area contributed by atoms with Crippen molar-refractivity contribution in [2.75, 3.05) is 0 Å². The summed E-state index contributed by atoms with van der Waals surface area (Å²) in [5.74, 6) is -2.13. The third kappa shape index (κ3) is 1.99. The average molecular weight is 192 g/mol. The fraction of sp³-hybridized carbons (Fsp3) is 0.273. The van der Waals surface area contributed by atoms with Gasteiger partial charge in [-0.25, -0.2) is 0 Å². The minimum atomic E-state index is -1.10. The quantitative estimate of drug-likeness (QED) is 0.582. The lowest BCUT2D eigenvalue weighted by Crippen LogP contribution is -2.14. The predicted molar refractivity (Wildman–Crippen MR) is 52.3 cm³/mol. The number of benzene rings is 1. The highest BCUT2D eigenvalue weighted by Gasteiger charge is 2.20. The van der Waals surface area contributed by atoms with E-state index in [1.54, 1.807) is 12.1 Å². The second-order valence-electron chi connectivity index (χ2n) is 3.00. The van der Waals surface area contributed by atoms with E-state index < -0.39 is 11.9 Å². The Morgan fingerprint density at radius 1 is 1.50 bits per heavy atom. The van der Waals surface area contributed by atoms with E-state index in [4.69, 9.17) is 5.11 Å². The molecule has 0 heterocycles.